The summed E-state index contributed by atoms with van der Waals surface area (Å²) in [6.07, 6.45) is 2.12. The molecule has 2 heterocycles. The van der Waals surface area contributed by atoms with Crippen LogP contribution in [-0.2, 0) is 4.74 Å². The van der Waals surface area contributed by atoms with Gasteiger partial charge in [0.1, 0.15) is 5.75 Å². The molecule has 0 amide bonds. The summed E-state index contributed by atoms with van der Waals surface area (Å²) in [5, 5.41) is 13.8. The van der Waals surface area contributed by atoms with Crippen LogP contribution in [0.1, 0.15) is 24.4 Å². The Labute approximate surface area is 162 Å². The summed E-state index contributed by atoms with van der Waals surface area (Å²) < 4.78 is 8.08. The predicted molar refractivity (Wildman–Crippen MR) is 102 cm³/mol. The van der Waals surface area contributed by atoms with Gasteiger partial charge in [-0.25, -0.2) is 0 Å². The van der Waals surface area contributed by atoms with Crippen LogP contribution in [0.25, 0.3) is 0 Å². The van der Waals surface area contributed by atoms with Gasteiger partial charge in [0.05, 0.1) is 8.95 Å². The number of benzene rings is 1. The van der Waals surface area contributed by atoms with Gasteiger partial charge in [-0.1, -0.05) is 15.9 Å². The highest BCUT2D eigenvalue weighted by atomic mass is 79.9. The Balaban J connectivity index is 2.02. The molecule has 2 aliphatic rings. The van der Waals surface area contributed by atoms with Gasteiger partial charge in [0, 0.05) is 55.5 Å². The van der Waals surface area contributed by atoms with E-state index in [0.717, 1.165) is 66.7 Å². The number of hydrogen-bond acceptors (Lipinski definition) is 4. The zero-order valence-electron chi connectivity index (χ0n) is 12.8. The predicted octanol–water partition coefficient (Wildman–Crippen LogP) is 4.05. The van der Waals surface area contributed by atoms with E-state index >= 15 is 0 Å². The molecule has 1 aromatic carbocycles. The molecule has 0 radical (unpaired) electrons. The summed E-state index contributed by atoms with van der Waals surface area (Å²) in [5.74, 6) is 0.811. The second-order valence-corrected chi connectivity index (χ2v) is 8.60. The SMILES string of the molecule is Oc1c(Br)cc(Br)c([C@@H](C2CCOCC2)N2CCNCC2)c1Br. The number of phenols is 1. The third-order valence-electron chi connectivity index (χ3n) is 4.73. The number of aromatic hydroxyl groups is 1. The number of hydrogen-bond donors (Lipinski definition) is 2. The molecule has 128 valence electrons. The molecule has 1 aromatic rings. The fourth-order valence-electron chi connectivity index (χ4n) is 3.57. The molecule has 0 aromatic heterocycles. The molecule has 1 atom stereocenters. The molecule has 0 spiro atoms. The number of rotatable bonds is 3. The maximum atomic E-state index is 10.4. The first-order valence-electron chi connectivity index (χ1n) is 7.98. The Morgan fingerprint density at radius 1 is 1.13 bits per heavy atom. The van der Waals surface area contributed by atoms with E-state index in [0.29, 0.717) is 10.4 Å². The quantitative estimate of drug-likeness (QED) is 0.641. The Kier molecular flexibility index (Phi) is 6.42. The van der Waals surface area contributed by atoms with Crippen LogP contribution in [0.4, 0.5) is 0 Å². The van der Waals surface area contributed by atoms with E-state index in [2.05, 4.69) is 58.0 Å². The van der Waals surface area contributed by atoms with E-state index in [9.17, 15) is 5.11 Å². The molecule has 0 unspecified atom stereocenters. The maximum absolute atomic E-state index is 10.4. The van der Waals surface area contributed by atoms with Gasteiger partial charge >= 0.3 is 0 Å². The molecule has 0 saturated carbocycles. The highest BCUT2D eigenvalue weighted by Crippen LogP contribution is 2.47. The Morgan fingerprint density at radius 3 is 2.43 bits per heavy atom. The molecule has 2 N–H and O–H groups in total. The molecule has 0 aliphatic carbocycles. The lowest BCUT2D eigenvalue weighted by Crippen LogP contribution is -2.47. The molecular formula is C16H21Br3N2O2. The Bertz CT molecular complexity index is 541. The molecule has 0 bridgehead atoms. The molecule has 23 heavy (non-hydrogen) atoms. The van der Waals surface area contributed by atoms with E-state index in [-0.39, 0.29) is 11.8 Å². The molecule has 2 fully saturated rings. The van der Waals surface area contributed by atoms with Gasteiger partial charge in [-0.3, -0.25) is 4.90 Å². The highest BCUT2D eigenvalue weighted by molar-refractivity contribution is 9.11. The number of phenolic OH excluding ortho intramolecular Hbond substituents is 1. The number of halogens is 3. The topological polar surface area (TPSA) is 44.7 Å². The van der Waals surface area contributed by atoms with Crippen molar-refractivity contribution in [3.8, 4) is 5.75 Å². The molecular weight excluding hydrogens is 492 g/mol. The zero-order chi connectivity index (χ0) is 16.4. The van der Waals surface area contributed by atoms with E-state index in [1.165, 1.54) is 0 Å². The van der Waals surface area contributed by atoms with Crippen LogP contribution in [0.3, 0.4) is 0 Å². The van der Waals surface area contributed by atoms with Crippen LogP contribution in [0.2, 0.25) is 0 Å². The van der Waals surface area contributed by atoms with E-state index in [1.807, 2.05) is 6.07 Å². The van der Waals surface area contributed by atoms with Gasteiger partial charge in [0.2, 0.25) is 0 Å². The van der Waals surface area contributed by atoms with E-state index in [1.54, 1.807) is 0 Å². The first-order chi connectivity index (χ1) is 11.1. The van der Waals surface area contributed by atoms with Gasteiger partial charge < -0.3 is 15.2 Å². The summed E-state index contributed by atoms with van der Waals surface area (Å²) in [4.78, 5) is 2.55. The normalized spacial score (nSPS) is 22.2. The largest absolute Gasteiger partial charge is 0.506 e. The first-order valence-corrected chi connectivity index (χ1v) is 10.4. The summed E-state index contributed by atoms with van der Waals surface area (Å²) in [6.45, 7) is 5.72. The van der Waals surface area contributed by atoms with Crippen molar-refractivity contribution in [2.75, 3.05) is 39.4 Å². The minimum Gasteiger partial charge on any atom is -0.506 e. The fraction of sp³-hybridized carbons (Fsp3) is 0.625. The number of nitrogens with zero attached hydrogens (tertiary/aromatic N) is 1. The van der Waals surface area contributed by atoms with Crippen LogP contribution >= 0.6 is 47.8 Å². The van der Waals surface area contributed by atoms with Crippen molar-refractivity contribution in [3.63, 3.8) is 0 Å². The standard InChI is InChI=1S/C16H21Br3N2O2/c17-11-9-12(18)16(22)14(19)13(11)15(10-1-7-23-8-2-10)21-5-3-20-4-6-21/h9-10,15,20,22H,1-8H2/t15-/m1/s1. The van der Waals surface area contributed by atoms with Crippen LogP contribution in [0.5, 0.6) is 5.75 Å². The smallest absolute Gasteiger partial charge is 0.144 e. The first kappa shape index (κ1) is 18.1. The van der Waals surface area contributed by atoms with Crippen LogP contribution in [0, 0.1) is 5.92 Å². The van der Waals surface area contributed by atoms with Crippen molar-refractivity contribution >= 4 is 47.8 Å². The van der Waals surface area contributed by atoms with Gasteiger partial charge in [-0.15, -0.1) is 0 Å². The van der Waals surface area contributed by atoms with Gasteiger partial charge in [-0.2, -0.15) is 0 Å². The highest BCUT2D eigenvalue weighted by Gasteiger charge is 2.34. The van der Waals surface area contributed by atoms with Crippen molar-refractivity contribution < 1.29 is 9.84 Å². The van der Waals surface area contributed by atoms with Crippen LogP contribution in [-0.4, -0.2) is 49.4 Å². The van der Waals surface area contributed by atoms with Gasteiger partial charge in [0.15, 0.2) is 0 Å². The third-order valence-corrected chi connectivity index (χ3v) is 6.80. The van der Waals surface area contributed by atoms with Crippen LogP contribution in [0.15, 0.2) is 19.5 Å². The molecule has 7 heteroatoms. The minimum atomic E-state index is 0.274. The van der Waals surface area contributed by atoms with Crippen molar-refractivity contribution in [3.05, 3.63) is 25.0 Å². The monoisotopic (exact) mass is 510 g/mol. The lowest BCUT2D eigenvalue weighted by molar-refractivity contribution is 0.0208. The summed E-state index contributed by atoms with van der Waals surface area (Å²) in [6, 6.07) is 2.23. The number of piperazine rings is 1. The van der Waals surface area contributed by atoms with Gasteiger partial charge in [-0.05, 0) is 56.7 Å². The van der Waals surface area contributed by atoms with E-state index < -0.39 is 0 Å². The minimum absolute atomic E-state index is 0.274. The average molecular weight is 513 g/mol. The third kappa shape index (κ3) is 3.96. The zero-order valence-corrected chi connectivity index (χ0v) is 17.6. The van der Waals surface area contributed by atoms with Crippen molar-refractivity contribution in [2.24, 2.45) is 5.92 Å². The van der Waals surface area contributed by atoms with Crippen molar-refractivity contribution in [1.29, 1.82) is 0 Å². The van der Waals surface area contributed by atoms with E-state index in [4.69, 9.17) is 4.74 Å². The second kappa shape index (κ2) is 8.15. The number of nitrogens with one attached hydrogen (secondary N) is 1. The Hall–Kier alpha value is 0.340. The summed E-state index contributed by atoms with van der Waals surface area (Å²) in [7, 11) is 0. The molecule has 2 saturated heterocycles. The lowest BCUT2D eigenvalue weighted by Gasteiger charge is -2.42. The number of ether oxygens (including phenoxy) is 1. The fourth-order valence-corrected chi connectivity index (χ4v) is 6.16. The maximum Gasteiger partial charge on any atom is 0.144 e. The summed E-state index contributed by atoms with van der Waals surface area (Å²) >= 11 is 10.8. The van der Waals surface area contributed by atoms with Crippen molar-refractivity contribution in [2.45, 2.75) is 18.9 Å². The summed E-state index contributed by atoms with van der Waals surface area (Å²) in [5.41, 5.74) is 1.15. The molecule has 3 rings (SSSR count). The van der Waals surface area contributed by atoms with Crippen LogP contribution < -0.4 is 5.32 Å². The lowest BCUT2D eigenvalue weighted by atomic mass is 9.85. The Morgan fingerprint density at radius 2 is 1.78 bits per heavy atom. The van der Waals surface area contributed by atoms with Gasteiger partial charge in [0.25, 0.3) is 0 Å². The molecule has 4 nitrogen and oxygen atoms in total. The van der Waals surface area contributed by atoms with Crippen molar-refractivity contribution in [1.82, 2.24) is 10.2 Å². The average Bonchev–Trinajstić information content (AvgIpc) is 2.58. The second-order valence-electron chi connectivity index (χ2n) is 6.10. The molecule has 2 aliphatic heterocycles.